The largest absolute Gasteiger partial charge is 0.293 e. The van der Waals surface area contributed by atoms with Gasteiger partial charge in [0.15, 0.2) is 11.4 Å². The first-order valence-corrected chi connectivity index (χ1v) is 4.01. The van der Waals surface area contributed by atoms with E-state index < -0.39 is 0 Å². The highest BCUT2D eigenvalue weighted by Crippen LogP contribution is 2.03. The van der Waals surface area contributed by atoms with Crippen LogP contribution >= 0.6 is 0 Å². The lowest BCUT2D eigenvalue weighted by molar-refractivity contribution is 0.101. The molecule has 0 N–H and O–H groups in total. The zero-order valence-electron chi connectivity index (χ0n) is 7.48. The highest BCUT2D eigenvalue weighted by Gasteiger charge is 2.03. The fourth-order valence-corrected chi connectivity index (χ4v) is 1.19. The summed E-state index contributed by atoms with van der Waals surface area (Å²) >= 11 is 0. The Morgan fingerprint density at radius 3 is 2.92 bits per heavy atom. The zero-order valence-corrected chi connectivity index (χ0v) is 7.48. The molecule has 2 heterocycles. The lowest BCUT2D eigenvalue weighted by atomic mass is 10.3. The number of aryl methyl sites for hydroxylation is 1. The van der Waals surface area contributed by atoms with Crippen molar-refractivity contribution in [1.29, 1.82) is 0 Å². The summed E-state index contributed by atoms with van der Waals surface area (Å²) in [6.45, 7) is 3.39. The molecule has 2 aromatic heterocycles. The van der Waals surface area contributed by atoms with Gasteiger partial charge in [-0.25, -0.2) is 9.50 Å². The second-order valence-corrected chi connectivity index (χ2v) is 2.96. The molecule has 0 saturated carbocycles. The molecule has 0 amide bonds. The number of Topliss-reactive ketones (excluding diaryl/α,β-unsaturated/α-hetero) is 1. The number of carbonyl (C=O) groups is 1. The van der Waals surface area contributed by atoms with Crippen molar-refractivity contribution in [2.45, 2.75) is 13.8 Å². The second-order valence-electron chi connectivity index (χ2n) is 2.96. The monoisotopic (exact) mass is 175 g/mol. The number of nitrogens with zero attached hydrogens (tertiary/aromatic N) is 3. The van der Waals surface area contributed by atoms with Gasteiger partial charge in [0.25, 0.3) is 0 Å². The molecule has 0 aromatic carbocycles. The zero-order chi connectivity index (χ0) is 9.42. The van der Waals surface area contributed by atoms with Crippen LogP contribution in [0.1, 0.15) is 23.1 Å². The average Bonchev–Trinajstić information content (AvgIpc) is 2.42. The highest BCUT2D eigenvalue weighted by atomic mass is 16.1. The van der Waals surface area contributed by atoms with Gasteiger partial charge in [-0.1, -0.05) is 0 Å². The van der Waals surface area contributed by atoms with Crippen molar-refractivity contribution in [3.05, 3.63) is 29.7 Å². The van der Waals surface area contributed by atoms with E-state index in [1.807, 2.05) is 6.92 Å². The molecule has 0 aliphatic heterocycles. The number of carbonyl (C=O) groups excluding carboxylic acids is 1. The van der Waals surface area contributed by atoms with E-state index in [9.17, 15) is 4.79 Å². The lowest BCUT2D eigenvalue weighted by Gasteiger charge is -1.94. The van der Waals surface area contributed by atoms with E-state index in [1.165, 1.54) is 6.92 Å². The first kappa shape index (κ1) is 7.91. The predicted octanol–water partition coefficient (Wildman–Crippen LogP) is 1.24. The molecule has 66 valence electrons. The van der Waals surface area contributed by atoms with Crippen LogP contribution < -0.4 is 0 Å². The number of rotatable bonds is 1. The van der Waals surface area contributed by atoms with E-state index in [4.69, 9.17) is 0 Å². The number of aromatic nitrogens is 3. The van der Waals surface area contributed by atoms with Crippen LogP contribution in [0, 0.1) is 6.92 Å². The molecule has 2 aromatic rings. The molecule has 0 aliphatic carbocycles. The van der Waals surface area contributed by atoms with E-state index in [-0.39, 0.29) is 5.78 Å². The van der Waals surface area contributed by atoms with Crippen molar-refractivity contribution in [3.8, 4) is 0 Å². The van der Waals surface area contributed by atoms with Crippen molar-refractivity contribution in [3.63, 3.8) is 0 Å². The third-order valence-electron chi connectivity index (χ3n) is 1.80. The first-order valence-electron chi connectivity index (χ1n) is 4.01. The first-order chi connectivity index (χ1) is 6.16. The maximum Gasteiger partial charge on any atom is 0.179 e. The molecule has 4 heteroatoms. The van der Waals surface area contributed by atoms with Gasteiger partial charge in [0, 0.05) is 6.92 Å². The quantitative estimate of drug-likeness (QED) is 0.612. The molecule has 0 atom stereocenters. The lowest BCUT2D eigenvalue weighted by Crippen LogP contribution is -2.01. The minimum absolute atomic E-state index is 0.0340. The normalized spacial score (nSPS) is 10.6. The minimum Gasteiger partial charge on any atom is -0.293 e. The Morgan fingerprint density at radius 1 is 1.46 bits per heavy atom. The Balaban J connectivity index is 2.67. The van der Waals surface area contributed by atoms with Gasteiger partial charge in [-0.3, -0.25) is 4.79 Å². The SMILES string of the molecule is CC(=O)c1ccc2nc(C)cn2n1. The molecule has 0 aliphatic rings. The number of ketones is 1. The fourth-order valence-electron chi connectivity index (χ4n) is 1.19. The molecular formula is C9H9N3O. The van der Waals surface area contributed by atoms with Crippen molar-refractivity contribution in [1.82, 2.24) is 14.6 Å². The second kappa shape index (κ2) is 2.65. The molecule has 0 bridgehead atoms. The van der Waals surface area contributed by atoms with Gasteiger partial charge in [0.05, 0.1) is 11.9 Å². The Labute approximate surface area is 75.2 Å². The van der Waals surface area contributed by atoms with E-state index in [2.05, 4.69) is 10.1 Å². The summed E-state index contributed by atoms with van der Waals surface area (Å²) in [7, 11) is 0. The van der Waals surface area contributed by atoms with Gasteiger partial charge in [-0.15, -0.1) is 0 Å². The number of hydrogen-bond donors (Lipinski definition) is 0. The summed E-state index contributed by atoms with van der Waals surface area (Å²) in [5.74, 6) is -0.0340. The van der Waals surface area contributed by atoms with Crippen LogP contribution in [0.5, 0.6) is 0 Å². The van der Waals surface area contributed by atoms with Gasteiger partial charge in [0.1, 0.15) is 5.69 Å². The van der Waals surface area contributed by atoms with Crippen molar-refractivity contribution >= 4 is 11.4 Å². The topological polar surface area (TPSA) is 47.3 Å². The van der Waals surface area contributed by atoms with E-state index >= 15 is 0 Å². The predicted molar refractivity (Wildman–Crippen MR) is 47.7 cm³/mol. The fraction of sp³-hybridized carbons (Fsp3) is 0.222. The Kier molecular flexibility index (Phi) is 1.62. The number of hydrogen-bond acceptors (Lipinski definition) is 3. The van der Waals surface area contributed by atoms with Crippen LogP contribution in [0.3, 0.4) is 0 Å². The minimum atomic E-state index is -0.0340. The molecule has 4 nitrogen and oxygen atoms in total. The number of imidazole rings is 1. The Morgan fingerprint density at radius 2 is 2.23 bits per heavy atom. The summed E-state index contributed by atoms with van der Waals surface area (Å²) in [6.07, 6.45) is 1.79. The third kappa shape index (κ3) is 1.30. The third-order valence-corrected chi connectivity index (χ3v) is 1.80. The molecule has 0 spiro atoms. The molecule has 0 saturated heterocycles. The Bertz CT molecular complexity index is 473. The highest BCUT2D eigenvalue weighted by molar-refractivity contribution is 5.92. The van der Waals surface area contributed by atoms with Crippen molar-refractivity contribution in [2.24, 2.45) is 0 Å². The maximum atomic E-state index is 11.0. The molecule has 0 radical (unpaired) electrons. The maximum absolute atomic E-state index is 11.0. The van der Waals surface area contributed by atoms with Gasteiger partial charge in [-0.2, -0.15) is 5.10 Å². The molecule has 0 fully saturated rings. The van der Waals surface area contributed by atoms with Gasteiger partial charge in [0.2, 0.25) is 0 Å². The van der Waals surface area contributed by atoms with Crippen LogP contribution in [-0.4, -0.2) is 20.4 Å². The standard InChI is InChI=1S/C9H9N3O/c1-6-5-12-9(10-6)4-3-8(11-12)7(2)13/h3-5H,1-2H3. The summed E-state index contributed by atoms with van der Waals surface area (Å²) in [5, 5.41) is 4.10. The Hall–Kier alpha value is -1.71. The molecule has 2 rings (SSSR count). The van der Waals surface area contributed by atoms with E-state index in [0.29, 0.717) is 5.69 Å². The molecular weight excluding hydrogens is 166 g/mol. The van der Waals surface area contributed by atoms with Gasteiger partial charge in [-0.05, 0) is 19.1 Å². The summed E-state index contributed by atoms with van der Waals surface area (Å²) < 4.78 is 1.62. The summed E-state index contributed by atoms with van der Waals surface area (Å²) in [4.78, 5) is 15.2. The molecule has 0 unspecified atom stereocenters. The van der Waals surface area contributed by atoms with Crippen LogP contribution in [-0.2, 0) is 0 Å². The van der Waals surface area contributed by atoms with Gasteiger partial charge >= 0.3 is 0 Å². The van der Waals surface area contributed by atoms with Crippen LogP contribution in [0.4, 0.5) is 0 Å². The molecule has 13 heavy (non-hydrogen) atoms. The van der Waals surface area contributed by atoms with Crippen LogP contribution in [0.25, 0.3) is 5.65 Å². The summed E-state index contributed by atoms with van der Waals surface area (Å²) in [6, 6.07) is 3.47. The van der Waals surface area contributed by atoms with Crippen LogP contribution in [0.2, 0.25) is 0 Å². The van der Waals surface area contributed by atoms with E-state index in [0.717, 1.165) is 11.3 Å². The van der Waals surface area contributed by atoms with E-state index in [1.54, 1.807) is 22.8 Å². The average molecular weight is 175 g/mol. The number of fused-ring (bicyclic) bond motifs is 1. The summed E-state index contributed by atoms with van der Waals surface area (Å²) in [5.41, 5.74) is 2.13. The smallest absolute Gasteiger partial charge is 0.179 e. The van der Waals surface area contributed by atoms with Crippen LogP contribution in [0.15, 0.2) is 18.3 Å². The van der Waals surface area contributed by atoms with Gasteiger partial charge < -0.3 is 0 Å². The van der Waals surface area contributed by atoms with Crippen molar-refractivity contribution < 1.29 is 4.79 Å². The van der Waals surface area contributed by atoms with Crippen molar-refractivity contribution in [2.75, 3.05) is 0 Å².